The zero-order valence-electron chi connectivity index (χ0n) is 11.4. The fraction of sp³-hybridized carbons (Fsp3) is 0.636. The Hall–Kier alpha value is -1.52. The molecule has 2 unspecified atom stereocenters. The summed E-state index contributed by atoms with van der Waals surface area (Å²) in [4.78, 5) is 15.1. The number of aliphatic hydroxyl groups is 3. The minimum absolute atomic E-state index is 0.0467. The minimum Gasteiger partial charge on any atom is -0.400 e. The second-order valence-electron chi connectivity index (χ2n) is 3.59. The summed E-state index contributed by atoms with van der Waals surface area (Å²) in [6.07, 6.45) is 2.28. The molecule has 1 aromatic rings. The summed E-state index contributed by atoms with van der Waals surface area (Å²) in [7, 11) is 2.00. The zero-order chi connectivity index (χ0) is 15.5. The van der Waals surface area contributed by atoms with E-state index in [1.165, 1.54) is 16.8 Å². The van der Waals surface area contributed by atoms with Gasteiger partial charge in [-0.3, -0.25) is 15.3 Å². The van der Waals surface area contributed by atoms with E-state index in [1.807, 2.05) is 0 Å². The lowest BCUT2D eigenvalue weighted by atomic mass is 10.2. The molecule has 1 aliphatic rings. The standard InChI is InChI=1S/C9H13N3O4.2CH4O/c13-5-6-1-2-8(16-6)12-4-3-7(11-15)10-9(12)14;2*1-2/h3-4,6,8,13,15H,1-2,5H2,(H,10,11,14);2*2H,1H3. The highest BCUT2D eigenvalue weighted by Gasteiger charge is 2.26. The fourth-order valence-electron chi connectivity index (χ4n) is 1.72. The van der Waals surface area contributed by atoms with Crippen LogP contribution in [0.15, 0.2) is 17.1 Å². The van der Waals surface area contributed by atoms with Crippen molar-refractivity contribution in [1.29, 1.82) is 0 Å². The van der Waals surface area contributed by atoms with E-state index in [0.717, 1.165) is 14.2 Å². The Bertz CT molecular complexity index is 425. The van der Waals surface area contributed by atoms with Crippen LogP contribution in [-0.2, 0) is 4.74 Å². The number of aliphatic hydroxyl groups excluding tert-OH is 3. The quantitative estimate of drug-likeness (QED) is 0.444. The monoisotopic (exact) mass is 291 g/mol. The average molecular weight is 291 g/mol. The van der Waals surface area contributed by atoms with Gasteiger partial charge in [0.1, 0.15) is 6.23 Å². The molecule has 116 valence electrons. The maximum Gasteiger partial charge on any atom is 0.351 e. The summed E-state index contributed by atoms with van der Waals surface area (Å²) in [6.45, 7) is -0.0467. The van der Waals surface area contributed by atoms with E-state index in [1.54, 1.807) is 5.48 Å². The molecule has 0 aliphatic carbocycles. The van der Waals surface area contributed by atoms with Crippen molar-refractivity contribution in [2.45, 2.75) is 25.2 Å². The van der Waals surface area contributed by atoms with Crippen LogP contribution in [0.2, 0.25) is 0 Å². The van der Waals surface area contributed by atoms with Crippen molar-refractivity contribution in [2.24, 2.45) is 0 Å². The van der Waals surface area contributed by atoms with Gasteiger partial charge in [-0.25, -0.2) is 4.79 Å². The summed E-state index contributed by atoms with van der Waals surface area (Å²) in [5.74, 6) is 0.0953. The van der Waals surface area contributed by atoms with Crippen LogP contribution >= 0.6 is 0 Å². The van der Waals surface area contributed by atoms with E-state index >= 15 is 0 Å². The topological polar surface area (TPSA) is 137 Å². The highest BCUT2D eigenvalue weighted by molar-refractivity contribution is 5.27. The summed E-state index contributed by atoms with van der Waals surface area (Å²) in [5.41, 5.74) is 1.30. The average Bonchev–Trinajstić information content (AvgIpc) is 3.00. The van der Waals surface area contributed by atoms with Gasteiger partial charge in [0.2, 0.25) is 0 Å². The summed E-state index contributed by atoms with van der Waals surface area (Å²) in [5, 5.41) is 31.5. The Balaban J connectivity index is 0.000000829. The van der Waals surface area contributed by atoms with Crippen LogP contribution < -0.4 is 11.2 Å². The first-order valence-electron chi connectivity index (χ1n) is 5.89. The summed E-state index contributed by atoms with van der Waals surface area (Å²) in [6, 6.07) is 1.47. The molecule has 5 N–H and O–H groups in total. The molecule has 0 radical (unpaired) electrons. The van der Waals surface area contributed by atoms with Crippen molar-refractivity contribution >= 4 is 5.82 Å². The Morgan fingerprint density at radius 1 is 1.40 bits per heavy atom. The van der Waals surface area contributed by atoms with Crippen molar-refractivity contribution in [3.63, 3.8) is 0 Å². The van der Waals surface area contributed by atoms with Crippen molar-refractivity contribution in [3.05, 3.63) is 22.7 Å². The second-order valence-corrected chi connectivity index (χ2v) is 3.59. The van der Waals surface area contributed by atoms with Gasteiger partial charge in [-0.15, -0.1) is 0 Å². The molecule has 0 spiro atoms. The predicted molar refractivity (Wildman–Crippen MR) is 70.4 cm³/mol. The first kappa shape index (κ1) is 18.5. The third-order valence-electron chi connectivity index (χ3n) is 2.54. The number of aromatic nitrogens is 2. The van der Waals surface area contributed by atoms with Crippen LogP contribution in [0.3, 0.4) is 0 Å². The van der Waals surface area contributed by atoms with Gasteiger partial charge >= 0.3 is 5.69 Å². The predicted octanol–water partition coefficient (Wildman–Crippen LogP) is -1.07. The third-order valence-corrected chi connectivity index (χ3v) is 2.54. The normalized spacial score (nSPS) is 20.3. The van der Waals surface area contributed by atoms with Crippen LogP contribution in [0.25, 0.3) is 0 Å². The Labute approximate surface area is 116 Å². The zero-order valence-corrected chi connectivity index (χ0v) is 11.4. The smallest absolute Gasteiger partial charge is 0.351 e. The number of anilines is 1. The largest absolute Gasteiger partial charge is 0.400 e. The van der Waals surface area contributed by atoms with Crippen molar-refractivity contribution in [1.82, 2.24) is 9.55 Å². The number of hydrogen-bond donors (Lipinski definition) is 5. The van der Waals surface area contributed by atoms with Gasteiger partial charge in [-0.1, -0.05) is 0 Å². The highest BCUT2D eigenvalue weighted by Crippen LogP contribution is 2.26. The molecule has 2 rings (SSSR count). The molecule has 0 saturated carbocycles. The molecule has 2 heterocycles. The molecule has 0 aromatic carbocycles. The van der Waals surface area contributed by atoms with Crippen molar-refractivity contribution in [2.75, 3.05) is 26.3 Å². The van der Waals surface area contributed by atoms with Gasteiger partial charge in [0, 0.05) is 20.4 Å². The van der Waals surface area contributed by atoms with Gasteiger partial charge in [-0.05, 0) is 18.9 Å². The maximum absolute atomic E-state index is 11.5. The van der Waals surface area contributed by atoms with Crippen molar-refractivity contribution in [3.8, 4) is 0 Å². The first-order chi connectivity index (χ1) is 9.74. The Kier molecular flexibility index (Phi) is 9.51. The van der Waals surface area contributed by atoms with E-state index in [2.05, 4.69) is 4.98 Å². The third kappa shape index (κ3) is 4.87. The van der Waals surface area contributed by atoms with Crippen LogP contribution in [0, 0.1) is 0 Å². The number of ether oxygens (including phenoxy) is 1. The van der Waals surface area contributed by atoms with Gasteiger partial charge in [0.25, 0.3) is 0 Å². The lowest BCUT2D eigenvalue weighted by Crippen LogP contribution is -2.27. The molecule has 1 saturated heterocycles. The van der Waals surface area contributed by atoms with E-state index in [-0.39, 0.29) is 24.8 Å². The molecular formula is C11H21N3O6. The molecule has 1 fully saturated rings. The lowest BCUT2D eigenvalue weighted by molar-refractivity contribution is -0.0245. The molecule has 0 bridgehead atoms. The number of hydrogen-bond acceptors (Lipinski definition) is 8. The Morgan fingerprint density at radius 2 is 2.05 bits per heavy atom. The molecule has 1 aliphatic heterocycles. The van der Waals surface area contributed by atoms with Gasteiger partial charge in [0.15, 0.2) is 5.82 Å². The number of nitrogens with one attached hydrogen (secondary N) is 1. The number of rotatable bonds is 3. The van der Waals surface area contributed by atoms with Gasteiger partial charge in [-0.2, -0.15) is 4.98 Å². The molecule has 2 atom stereocenters. The molecule has 9 nitrogen and oxygen atoms in total. The van der Waals surface area contributed by atoms with E-state index in [9.17, 15) is 4.79 Å². The summed E-state index contributed by atoms with van der Waals surface area (Å²) >= 11 is 0. The Morgan fingerprint density at radius 3 is 2.50 bits per heavy atom. The molecule has 0 amide bonds. The van der Waals surface area contributed by atoms with E-state index in [4.69, 9.17) is 25.3 Å². The first-order valence-corrected chi connectivity index (χ1v) is 5.89. The van der Waals surface area contributed by atoms with Gasteiger partial charge < -0.3 is 20.1 Å². The molecule has 20 heavy (non-hydrogen) atoms. The van der Waals surface area contributed by atoms with E-state index < -0.39 is 5.69 Å². The lowest BCUT2D eigenvalue weighted by Gasteiger charge is -2.14. The van der Waals surface area contributed by atoms with Crippen LogP contribution in [0.5, 0.6) is 0 Å². The van der Waals surface area contributed by atoms with Crippen LogP contribution in [-0.4, -0.2) is 57.0 Å². The van der Waals surface area contributed by atoms with Gasteiger partial charge in [0.05, 0.1) is 12.7 Å². The molecule has 9 heteroatoms. The number of nitrogens with zero attached hydrogens (tertiary/aromatic N) is 2. The van der Waals surface area contributed by atoms with Crippen molar-refractivity contribution < 1.29 is 25.3 Å². The summed E-state index contributed by atoms with van der Waals surface area (Å²) < 4.78 is 6.78. The second kappa shape index (κ2) is 10.3. The van der Waals surface area contributed by atoms with Crippen LogP contribution in [0.1, 0.15) is 19.1 Å². The van der Waals surface area contributed by atoms with Crippen LogP contribution in [0.4, 0.5) is 5.82 Å². The van der Waals surface area contributed by atoms with E-state index in [0.29, 0.717) is 12.8 Å². The SMILES string of the molecule is CO.CO.O=c1nc(NO)ccn1C1CCC(CO)O1. The highest BCUT2D eigenvalue weighted by atomic mass is 16.5. The minimum atomic E-state index is -0.498. The fourth-order valence-corrected chi connectivity index (χ4v) is 1.72. The molecule has 1 aromatic heterocycles. The maximum atomic E-state index is 11.5. The molecular weight excluding hydrogens is 270 g/mol.